The molecule has 1 heterocycles. The molecule has 5 nitrogen and oxygen atoms in total. The van der Waals surface area contributed by atoms with Gasteiger partial charge in [-0.15, -0.1) is 6.58 Å². The molecule has 0 saturated carbocycles. The maximum absolute atomic E-state index is 12.7. The Balaban J connectivity index is 2.03. The fourth-order valence-corrected chi connectivity index (χ4v) is 5.40. The number of benzene rings is 2. The van der Waals surface area contributed by atoms with Crippen LogP contribution in [0.15, 0.2) is 58.9 Å². The highest BCUT2D eigenvalue weighted by atomic mass is 35.5. The molecule has 3 rings (SSSR count). The normalized spacial score (nSPS) is 15.7. The van der Waals surface area contributed by atoms with Gasteiger partial charge >= 0.3 is 10.1 Å². The van der Waals surface area contributed by atoms with Gasteiger partial charge in [0, 0.05) is 17.1 Å². The molecular weight excluding hydrogens is 485 g/mol. The Hall–Kier alpha value is -1.84. The molecule has 0 spiro atoms. The number of nitrogens with zero attached hydrogens (tertiary/aromatic N) is 1. The highest BCUT2D eigenvalue weighted by Gasteiger charge is 2.32. The van der Waals surface area contributed by atoms with E-state index in [1.165, 1.54) is 35.2 Å². The molecule has 0 N–H and O–H groups in total. The predicted octanol–water partition coefficient (Wildman–Crippen LogP) is 5.46. The van der Waals surface area contributed by atoms with Crippen LogP contribution in [0.3, 0.4) is 0 Å². The van der Waals surface area contributed by atoms with Crippen LogP contribution in [0.4, 0.5) is 0 Å². The minimum atomic E-state index is -4.16. The second-order valence-electron chi connectivity index (χ2n) is 6.24. The Kier molecular flexibility index (Phi) is 6.94. The minimum absolute atomic E-state index is 0.00833. The molecule has 0 bridgehead atoms. The highest BCUT2D eigenvalue weighted by molar-refractivity contribution is 8.26. The molecule has 2 aromatic carbocycles. The van der Waals surface area contributed by atoms with E-state index in [2.05, 4.69) is 6.58 Å². The fraction of sp³-hybridized carbons (Fsp3) is 0.100. The number of amides is 1. The fourth-order valence-electron chi connectivity index (χ4n) is 2.57. The maximum atomic E-state index is 12.7. The van der Waals surface area contributed by atoms with Crippen LogP contribution in [0.1, 0.15) is 11.1 Å². The lowest BCUT2D eigenvalue weighted by atomic mass is 10.2. The molecule has 0 aliphatic carbocycles. The SMILES string of the molecule is C=CCN1C(=O)/C(=C/c2cc(Cl)cc(Cl)c2OS(=O)(=O)c2ccc(C)cc2)SC1=S. The van der Waals surface area contributed by atoms with Gasteiger partial charge in [-0.1, -0.05) is 71.0 Å². The van der Waals surface area contributed by atoms with Crippen molar-refractivity contribution in [2.75, 3.05) is 6.54 Å². The summed E-state index contributed by atoms with van der Waals surface area (Å²) in [6, 6.07) is 9.02. The summed E-state index contributed by atoms with van der Waals surface area (Å²) in [5.41, 5.74) is 1.14. The number of carbonyl (C=O) groups excluding carboxylic acids is 1. The molecule has 0 radical (unpaired) electrons. The predicted molar refractivity (Wildman–Crippen MR) is 126 cm³/mol. The third kappa shape index (κ3) is 4.90. The number of thiocarbonyl (C=S) groups is 1. The maximum Gasteiger partial charge on any atom is 0.339 e. The van der Waals surface area contributed by atoms with Gasteiger partial charge in [0.1, 0.15) is 9.22 Å². The lowest BCUT2D eigenvalue weighted by Gasteiger charge is -2.13. The molecular formula is C20H15Cl2NO4S3. The van der Waals surface area contributed by atoms with E-state index in [9.17, 15) is 13.2 Å². The van der Waals surface area contributed by atoms with Crippen molar-refractivity contribution in [3.63, 3.8) is 0 Å². The summed E-state index contributed by atoms with van der Waals surface area (Å²) in [6.45, 7) is 5.72. The molecule has 1 aliphatic rings. The first-order chi connectivity index (χ1) is 14.1. The summed E-state index contributed by atoms with van der Waals surface area (Å²) in [5, 5.41) is 0.249. The molecule has 1 aliphatic heterocycles. The zero-order valence-corrected chi connectivity index (χ0v) is 19.6. The van der Waals surface area contributed by atoms with E-state index >= 15 is 0 Å². The van der Waals surface area contributed by atoms with Gasteiger partial charge in [0.2, 0.25) is 0 Å². The van der Waals surface area contributed by atoms with Gasteiger partial charge in [-0.25, -0.2) is 0 Å². The van der Waals surface area contributed by atoms with Gasteiger partial charge in [-0.3, -0.25) is 9.69 Å². The zero-order valence-electron chi connectivity index (χ0n) is 15.6. The van der Waals surface area contributed by atoms with Gasteiger partial charge in [0.25, 0.3) is 5.91 Å². The van der Waals surface area contributed by atoms with E-state index in [0.717, 1.165) is 17.3 Å². The van der Waals surface area contributed by atoms with Gasteiger partial charge in [-0.2, -0.15) is 8.42 Å². The van der Waals surface area contributed by atoms with Crippen molar-refractivity contribution < 1.29 is 17.4 Å². The van der Waals surface area contributed by atoms with Crippen molar-refractivity contribution in [3.05, 3.63) is 75.1 Å². The first kappa shape index (κ1) is 22.8. The van der Waals surface area contributed by atoms with Crippen molar-refractivity contribution in [2.24, 2.45) is 0 Å². The number of hydrogen-bond donors (Lipinski definition) is 0. The van der Waals surface area contributed by atoms with Crippen LogP contribution in [0.5, 0.6) is 5.75 Å². The molecule has 0 aromatic heterocycles. The Morgan fingerprint density at radius 2 is 1.90 bits per heavy atom. The third-order valence-corrected chi connectivity index (χ3v) is 7.12. The molecule has 2 aromatic rings. The number of rotatable bonds is 6. The largest absolute Gasteiger partial charge is 0.377 e. The van der Waals surface area contributed by atoms with E-state index in [4.69, 9.17) is 39.6 Å². The summed E-state index contributed by atoms with van der Waals surface area (Å²) >= 11 is 18.6. The quantitative estimate of drug-likeness (QED) is 0.227. The third-order valence-electron chi connectivity index (χ3n) is 4.01. The standard InChI is InChI=1S/C20H15Cl2NO4S3/c1-3-8-23-19(24)17(29-20(23)28)10-13-9-14(21)11-16(22)18(13)27-30(25,26)15-6-4-12(2)5-7-15/h3-7,9-11H,1,8H2,2H3/b17-10-. The van der Waals surface area contributed by atoms with E-state index in [-0.39, 0.29) is 43.6 Å². The van der Waals surface area contributed by atoms with E-state index in [1.807, 2.05) is 6.92 Å². The Morgan fingerprint density at radius 3 is 2.53 bits per heavy atom. The average molecular weight is 500 g/mol. The highest BCUT2D eigenvalue weighted by Crippen LogP contribution is 2.39. The lowest BCUT2D eigenvalue weighted by molar-refractivity contribution is -0.121. The average Bonchev–Trinajstić information content (AvgIpc) is 2.93. The zero-order chi connectivity index (χ0) is 22.1. The lowest BCUT2D eigenvalue weighted by Crippen LogP contribution is -2.27. The molecule has 0 unspecified atom stereocenters. The second kappa shape index (κ2) is 9.11. The van der Waals surface area contributed by atoms with Crippen LogP contribution < -0.4 is 4.18 Å². The molecule has 1 amide bonds. The Morgan fingerprint density at radius 1 is 1.23 bits per heavy atom. The van der Waals surface area contributed by atoms with Crippen LogP contribution >= 0.6 is 47.2 Å². The topological polar surface area (TPSA) is 63.7 Å². The molecule has 156 valence electrons. The number of carbonyl (C=O) groups is 1. The van der Waals surface area contributed by atoms with Gasteiger partial charge in [0.05, 0.1) is 9.93 Å². The summed E-state index contributed by atoms with van der Waals surface area (Å²) < 4.78 is 31.2. The van der Waals surface area contributed by atoms with Crippen molar-refractivity contribution in [1.82, 2.24) is 4.90 Å². The monoisotopic (exact) mass is 499 g/mol. The van der Waals surface area contributed by atoms with E-state index in [1.54, 1.807) is 18.2 Å². The molecule has 1 saturated heterocycles. The van der Waals surface area contributed by atoms with E-state index < -0.39 is 10.1 Å². The van der Waals surface area contributed by atoms with E-state index in [0.29, 0.717) is 4.32 Å². The summed E-state index contributed by atoms with van der Waals surface area (Å²) in [4.78, 5) is 14.3. The Labute approximate surface area is 194 Å². The molecule has 0 atom stereocenters. The van der Waals surface area contributed by atoms with Crippen molar-refractivity contribution in [3.8, 4) is 5.75 Å². The van der Waals surface area contributed by atoms with Crippen LogP contribution in [0.25, 0.3) is 6.08 Å². The molecule has 10 heteroatoms. The summed E-state index contributed by atoms with van der Waals surface area (Å²) in [6.07, 6.45) is 3.02. The van der Waals surface area contributed by atoms with Gasteiger partial charge < -0.3 is 4.18 Å². The van der Waals surface area contributed by atoms with Crippen molar-refractivity contribution in [2.45, 2.75) is 11.8 Å². The van der Waals surface area contributed by atoms with Crippen LogP contribution in [-0.2, 0) is 14.9 Å². The Bertz CT molecular complexity index is 1180. The first-order valence-electron chi connectivity index (χ1n) is 8.49. The van der Waals surface area contributed by atoms with Crippen LogP contribution in [0, 0.1) is 6.92 Å². The summed E-state index contributed by atoms with van der Waals surface area (Å²) in [5.74, 6) is -0.455. The number of halogens is 2. The second-order valence-corrected chi connectivity index (χ2v) is 10.3. The van der Waals surface area contributed by atoms with Crippen molar-refractivity contribution in [1.29, 1.82) is 0 Å². The minimum Gasteiger partial charge on any atom is -0.377 e. The van der Waals surface area contributed by atoms with Crippen LogP contribution in [-0.4, -0.2) is 30.1 Å². The van der Waals surface area contributed by atoms with Gasteiger partial charge in [0.15, 0.2) is 5.75 Å². The van der Waals surface area contributed by atoms with Crippen LogP contribution in [0.2, 0.25) is 10.0 Å². The number of thioether (sulfide) groups is 1. The first-order valence-corrected chi connectivity index (χ1v) is 11.9. The summed E-state index contributed by atoms with van der Waals surface area (Å²) in [7, 11) is -4.16. The van der Waals surface area contributed by atoms with Crippen molar-refractivity contribution >= 4 is 73.6 Å². The van der Waals surface area contributed by atoms with Gasteiger partial charge in [-0.05, 0) is 37.3 Å². The smallest absolute Gasteiger partial charge is 0.339 e. The number of aryl methyl sites for hydroxylation is 1. The molecule has 30 heavy (non-hydrogen) atoms. The molecule has 1 fully saturated rings. The number of hydrogen-bond acceptors (Lipinski definition) is 6.